The van der Waals surface area contributed by atoms with Crippen molar-refractivity contribution in [2.24, 2.45) is 5.73 Å². The van der Waals surface area contributed by atoms with E-state index in [1.165, 1.54) is 0 Å². The second kappa shape index (κ2) is 2.85. The van der Waals surface area contributed by atoms with Gasteiger partial charge in [0.1, 0.15) is 5.54 Å². The average Bonchev–Trinajstić information content (AvgIpc) is 1.85. The van der Waals surface area contributed by atoms with Crippen LogP contribution in [0.4, 0.5) is 0 Å². The van der Waals surface area contributed by atoms with Crippen LogP contribution in [0.2, 0.25) is 0 Å². The molecule has 0 spiro atoms. The lowest BCUT2D eigenvalue weighted by atomic mass is 9.97. The second-order valence-corrected chi connectivity index (χ2v) is 2.33. The summed E-state index contributed by atoms with van der Waals surface area (Å²) >= 11 is 0. The highest BCUT2D eigenvalue weighted by molar-refractivity contribution is 5.87. The summed E-state index contributed by atoms with van der Waals surface area (Å²) in [6.07, 6.45) is -2.10. The van der Waals surface area contributed by atoms with Crippen LogP contribution in [0.25, 0.3) is 0 Å². The molecule has 6 nitrogen and oxygen atoms in total. The molecule has 64 valence electrons. The molecule has 0 aliphatic carbocycles. The van der Waals surface area contributed by atoms with Gasteiger partial charge in [-0.05, 0) is 6.92 Å². The van der Waals surface area contributed by atoms with Gasteiger partial charge in [0.15, 0.2) is 6.10 Å². The minimum Gasteiger partial charge on any atom is -0.480 e. The number of hydrogen-bond donors (Lipinski definition) is 4. The fourth-order valence-corrected chi connectivity index (χ4v) is 0.373. The number of aliphatic carboxylic acids is 2. The molecule has 0 aliphatic rings. The lowest BCUT2D eigenvalue weighted by Crippen LogP contribution is -2.57. The fourth-order valence-electron chi connectivity index (χ4n) is 0.373. The predicted molar refractivity (Wildman–Crippen MR) is 33.9 cm³/mol. The van der Waals surface area contributed by atoms with Gasteiger partial charge >= 0.3 is 11.9 Å². The molecule has 0 aliphatic heterocycles. The Kier molecular flexibility index (Phi) is 2.55. The van der Waals surface area contributed by atoms with Gasteiger partial charge in [-0.25, -0.2) is 4.79 Å². The van der Waals surface area contributed by atoms with E-state index in [0.29, 0.717) is 0 Å². The third-order valence-electron chi connectivity index (χ3n) is 1.26. The summed E-state index contributed by atoms with van der Waals surface area (Å²) in [5.74, 6) is -3.22. The van der Waals surface area contributed by atoms with E-state index in [2.05, 4.69) is 0 Å². The average molecular weight is 163 g/mol. The van der Waals surface area contributed by atoms with E-state index < -0.39 is 23.6 Å². The minimum atomic E-state index is -2.15. The molecule has 0 fully saturated rings. The van der Waals surface area contributed by atoms with Crippen LogP contribution in [-0.2, 0) is 9.59 Å². The van der Waals surface area contributed by atoms with Crippen molar-refractivity contribution in [1.29, 1.82) is 0 Å². The van der Waals surface area contributed by atoms with Gasteiger partial charge in [0.05, 0.1) is 0 Å². The molecular weight excluding hydrogens is 154 g/mol. The van der Waals surface area contributed by atoms with Gasteiger partial charge in [0.25, 0.3) is 0 Å². The third kappa shape index (κ3) is 1.89. The number of aliphatic hydroxyl groups excluding tert-OH is 1. The lowest BCUT2D eigenvalue weighted by molar-refractivity contribution is -0.160. The van der Waals surface area contributed by atoms with Crippen molar-refractivity contribution < 1.29 is 24.9 Å². The molecule has 2 unspecified atom stereocenters. The van der Waals surface area contributed by atoms with Crippen molar-refractivity contribution in [1.82, 2.24) is 0 Å². The van der Waals surface area contributed by atoms with Crippen LogP contribution < -0.4 is 5.73 Å². The van der Waals surface area contributed by atoms with Gasteiger partial charge in [-0.3, -0.25) is 4.79 Å². The number of rotatable bonds is 3. The quantitative estimate of drug-likeness (QED) is 0.391. The van der Waals surface area contributed by atoms with Crippen molar-refractivity contribution >= 4 is 11.9 Å². The monoisotopic (exact) mass is 163 g/mol. The molecule has 6 heteroatoms. The Morgan fingerprint density at radius 2 is 1.82 bits per heavy atom. The Hall–Kier alpha value is -1.14. The zero-order valence-corrected chi connectivity index (χ0v) is 5.81. The zero-order valence-electron chi connectivity index (χ0n) is 5.81. The molecule has 0 aromatic heterocycles. The topological polar surface area (TPSA) is 121 Å². The number of aliphatic hydroxyl groups is 1. The van der Waals surface area contributed by atoms with Crippen LogP contribution in [-0.4, -0.2) is 38.9 Å². The van der Waals surface area contributed by atoms with Gasteiger partial charge in [-0.1, -0.05) is 0 Å². The number of hydrogen-bond acceptors (Lipinski definition) is 4. The van der Waals surface area contributed by atoms with Gasteiger partial charge in [0.2, 0.25) is 0 Å². The summed E-state index contributed by atoms with van der Waals surface area (Å²) in [7, 11) is 0. The van der Waals surface area contributed by atoms with Crippen LogP contribution in [0.15, 0.2) is 0 Å². The van der Waals surface area contributed by atoms with E-state index in [9.17, 15) is 9.59 Å². The number of nitrogens with two attached hydrogens (primary N) is 1. The Morgan fingerprint density at radius 3 is 1.91 bits per heavy atom. The Labute approximate surface area is 62.2 Å². The first-order chi connectivity index (χ1) is 4.80. The molecule has 11 heavy (non-hydrogen) atoms. The van der Waals surface area contributed by atoms with Gasteiger partial charge in [-0.2, -0.15) is 0 Å². The van der Waals surface area contributed by atoms with Crippen LogP contribution >= 0.6 is 0 Å². The standard InChI is InChI=1S/C5H9NO5/c1-5(6,4(10)11)2(7)3(8)9/h2,7H,6H2,1H3,(H,8,9)(H,10,11). The summed E-state index contributed by atoms with van der Waals surface area (Å²) in [4.78, 5) is 20.3. The minimum absolute atomic E-state index is 0.925. The largest absolute Gasteiger partial charge is 0.480 e. The molecular formula is C5H9NO5. The van der Waals surface area contributed by atoms with Crippen molar-refractivity contribution in [3.63, 3.8) is 0 Å². The fraction of sp³-hybridized carbons (Fsp3) is 0.600. The first-order valence-electron chi connectivity index (χ1n) is 2.73. The SMILES string of the molecule is CC(N)(C(=O)O)C(O)C(=O)O. The highest BCUT2D eigenvalue weighted by Gasteiger charge is 2.41. The highest BCUT2D eigenvalue weighted by atomic mass is 16.4. The molecule has 0 heterocycles. The maximum absolute atomic E-state index is 10.2. The maximum atomic E-state index is 10.2. The Morgan fingerprint density at radius 1 is 1.45 bits per heavy atom. The van der Waals surface area contributed by atoms with Gasteiger partial charge < -0.3 is 21.1 Å². The molecule has 5 N–H and O–H groups in total. The van der Waals surface area contributed by atoms with Crippen LogP contribution in [0.1, 0.15) is 6.92 Å². The second-order valence-electron chi connectivity index (χ2n) is 2.33. The molecule has 0 amide bonds. The first kappa shape index (κ1) is 9.86. The number of carbonyl (C=O) groups is 2. The van der Waals surface area contributed by atoms with Crippen molar-refractivity contribution in [2.45, 2.75) is 18.6 Å². The zero-order chi connectivity index (χ0) is 9.23. The molecule has 0 saturated heterocycles. The molecule has 0 aromatic rings. The Bertz CT molecular complexity index is 187. The van der Waals surface area contributed by atoms with E-state index in [1.807, 2.05) is 0 Å². The molecule has 0 rings (SSSR count). The number of carboxylic acid groups (broad SMARTS) is 2. The lowest BCUT2D eigenvalue weighted by Gasteiger charge is -2.21. The van der Waals surface area contributed by atoms with E-state index in [4.69, 9.17) is 21.1 Å². The molecule has 0 aromatic carbocycles. The Balaban J connectivity index is 4.55. The van der Waals surface area contributed by atoms with Crippen LogP contribution in [0.3, 0.4) is 0 Å². The van der Waals surface area contributed by atoms with Crippen molar-refractivity contribution in [3.05, 3.63) is 0 Å². The smallest absolute Gasteiger partial charge is 0.335 e. The molecule has 2 atom stereocenters. The number of carboxylic acids is 2. The molecule has 0 radical (unpaired) electrons. The van der Waals surface area contributed by atoms with E-state index in [1.54, 1.807) is 0 Å². The van der Waals surface area contributed by atoms with Crippen molar-refractivity contribution in [2.75, 3.05) is 0 Å². The molecule has 0 saturated carbocycles. The summed E-state index contributed by atoms with van der Waals surface area (Å²) in [6, 6.07) is 0. The van der Waals surface area contributed by atoms with Gasteiger partial charge in [-0.15, -0.1) is 0 Å². The van der Waals surface area contributed by atoms with Gasteiger partial charge in [0, 0.05) is 0 Å². The summed E-state index contributed by atoms with van der Waals surface area (Å²) in [5.41, 5.74) is 2.83. The van der Waals surface area contributed by atoms with Crippen LogP contribution in [0.5, 0.6) is 0 Å². The van der Waals surface area contributed by atoms with E-state index in [0.717, 1.165) is 6.92 Å². The van der Waals surface area contributed by atoms with Crippen molar-refractivity contribution in [3.8, 4) is 0 Å². The molecule has 0 bridgehead atoms. The highest BCUT2D eigenvalue weighted by Crippen LogP contribution is 2.06. The van der Waals surface area contributed by atoms with E-state index in [-0.39, 0.29) is 0 Å². The third-order valence-corrected chi connectivity index (χ3v) is 1.26. The predicted octanol–water partition coefficient (Wildman–Crippen LogP) is -1.77. The summed E-state index contributed by atoms with van der Waals surface area (Å²) in [6.45, 7) is 0.925. The summed E-state index contributed by atoms with van der Waals surface area (Å²) < 4.78 is 0. The maximum Gasteiger partial charge on any atom is 0.335 e. The normalized spacial score (nSPS) is 18.5. The van der Waals surface area contributed by atoms with Crippen LogP contribution in [0, 0.1) is 0 Å². The first-order valence-corrected chi connectivity index (χ1v) is 2.73. The van der Waals surface area contributed by atoms with E-state index >= 15 is 0 Å². The summed E-state index contributed by atoms with van der Waals surface area (Å²) in [5, 5.41) is 25.2.